The molecular weight excluding hydrogens is 268 g/mol. The molecule has 0 aliphatic carbocycles. The highest BCUT2D eigenvalue weighted by Crippen LogP contribution is 2.21. The first-order valence-corrected chi connectivity index (χ1v) is 6.95. The first-order chi connectivity index (χ1) is 10.3. The van der Waals surface area contributed by atoms with Gasteiger partial charge in [0.15, 0.2) is 5.82 Å². The summed E-state index contributed by atoms with van der Waals surface area (Å²) in [6.07, 6.45) is 3.17. The minimum absolute atomic E-state index is 0.129. The maximum atomic E-state index is 11.8. The zero-order chi connectivity index (χ0) is 14.7. The van der Waals surface area contributed by atoms with Gasteiger partial charge in [0.1, 0.15) is 5.75 Å². The van der Waals surface area contributed by atoms with E-state index in [0.717, 1.165) is 31.9 Å². The highest BCUT2D eigenvalue weighted by molar-refractivity contribution is 5.51. The summed E-state index contributed by atoms with van der Waals surface area (Å²) in [6, 6.07) is 8.04. The van der Waals surface area contributed by atoms with Gasteiger partial charge in [-0.1, -0.05) is 0 Å². The van der Waals surface area contributed by atoms with Crippen molar-refractivity contribution in [1.29, 1.82) is 0 Å². The van der Waals surface area contributed by atoms with Crippen LogP contribution in [0.3, 0.4) is 0 Å². The van der Waals surface area contributed by atoms with Crippen LogP contribution in [0.1, 0.15) is 0 Å². The number of hydrogen-bond donors (Lipinski definition) is 1. The molecule has 3 rings (SSSR count). The van der Waals surface area contributed by atoms with Crippen LogP contribution in [-0.4, -0.2) is 43.3 Å². The smallest absolute Gasteiger partial charge is 0.290 e. The van der Waals surface area contributed by atoms with E-state index in [-0.39, 0.29) is 5.56 Å². The fourth-order valence-corrected chi connectivity index (χ4v) is 2.54. The Labute approximate surface area is 123 Å². The summed E-state index contributed by atoms with van der Waals surface area (Å²) >= 11 is 0. The molecule has 0 saturated carbocycles. The standard InChI is InChI=1S/C15H18N4O2/c1-21-13-4-2-12(3-5-13)18-8-10-19(11-9-18)14-15(20)17-7-6-16-14/h2-7H,8-11H2,1H3,(H,17,20). The number of anilines is 2. The van der Waals surface area contributed by atoms with Gasteiger partial charge in [0.25, 0.3) is 5.56 Å². The second-order valence-corrected chi connectivity index (χ2v) is 4.91. The van der Waals surface area contributed by atoms with Crippen molar-refractivity contribution in [2.75, 3.05) is 43.1 Å². The Morgan fingerprint density at radius 2 is 1.76 bits per heavy atom. The monoisotopic (exact) mass is 286 g/mol. The summed E-state index contributed by atoms with van der Waals surface area (Å²) in [5.74, 6) is 1.37. The largest absolute Gasteiger partial charge is 0.497 e. The number of hydrogen-bond acceptors (Lipinski definition) is 5. The van der Waals surface area contributed by atoms with Crippen LogP contribution in [0, 0.1) is 0 Å². The van der Waals surface area contributed by atoms with Crippen molar-refractivity contribution >= 4 is 11.5 Å². The Hall–Kier alpha value is -2.50. The van der Waals surface area contributed by atoms with Gasteiger partial charge in [0.05, 0.1) is 7.11 Å². The normalized spacial score (nSPS) is 15.1. The van der Waals surface area contributed by atoms with Crippen LogP contribution < -0.4 is 20.1 Å². The maximum absolute atomic E-state index is 11.8. The van der Waals surface area contributed by atoms with Crippen LogP contribution in [-0.2, 0) is 0 Å². The molecule has 1 aliphatic heterocycles. The third-order valence-corrected chi connectivity index (χ3v) is 3.71. The number of nitrogens with one attached hydrogen (secondary N) is 1. The lowest BCUT2D eigenvalue weighted by Gasteiger charge is -2.36. The number of methoxy groups -OCH3 is 1. The third-order valence-electron chi connectivity index (χ3n) is 3.71. The Kier molecular flexibility index (Phi) is 3.77. The molecular formula is C15H18N4O2. The number of aromatic nitrogens is 2. The topological polar surface area (TPSA) is 61.5 Å². The fourth-order valence-electron chi connectivity index (χ4n) is 2.54. The lowest BCUT2D eigenvalue weighted by Crippen LogP contribution is -2.48. The van der Waals surface area contributed by atoms with Crippen molar-refractivity contribution in [3.8, 4) is 5.75 Å². The van der Waals surface area contributed by atoms with Gasteiger partial charge < -0.3 is 19.5 Å². The minimum atomic E-state index is -0.129. The van der Waals surface area contributed by atoms with E-state index in [1.165, 1.54) is 5.69 Å². The fraction of sp³-hybridized carbons (Fsp3) is 0.333. The van der Waals surface area contributed by atoms with Crippen molar-refractivity contribution in [2.24, 2.45) is 0 Å². The molecule has 21 heavy (non-hydrogen) atoms. The summed E-state index contributed by atoms with van der Waals surface area (Å²) in [4.78, 5) is 22.9. The number of benzene rings is 1. The van der Waals surface area contributed by atoms with E-state index in [2.05, 4.69) is 27.0 Å². The molecule has 110 valence electrons. The van der Waals surface area contributed by atoms with Gasteiger partial charge in [0.2, 0.25) is 0 Å². The van der Waals surface area contributed by atoms with Gasteiger partial charge in [0, 0.05) is 44.3 Å². The van der Waals surface area contributed by atoms with E-state index in [9.17, 15) is 4.79 Å². The average molecular weight is 286 g/mol. The Morgan fingerprint density at radius 3 is 2.38 bits per heavy atom. The summed E-state index contributed by atoms with van der Waals surface area (Å²) in [7, 11) is 1.66. The highest BCUT2D eigenvalue weighted by atomic mass is 16.5. The molecule has 0 unspecified atom stereocenters. The lowest BCUT2D eigenvalue weighted by molar-refractivity contribution is 0.415. The van der Waals surface area contributed by atoms with E-state index in [0.29, 0.717) is 5.82 Å². The molecule has 0 spiro atoms. The quantitative estimate of drug-likeness (QED) is 0.915. The maximum Gasteiger partial charge on any atom is 0.290 e. The van der Waals surface area contributed by atoms with Crippen LogP contribution in [0.4, 0.5) is 11.5 Å². The molecule has 2 heterocycles. The van der Waals surface area contributed by atoms with Crippen LogP contribution >= 0.6 is 0 Å². The molecule has 1 aromatic heterocycles. The molecule has 0 amide bonds. The van der Waals surface area contributed by atoms with Gasteiger partial charge >= 0.3 is 0 Å². The van der Waals surface area contributed by atoms with E-state index in [1.807, 2.05) is 17.0 Å². The molecule has 6 heteroatoms. The third kappa shape index (κ3) is 2.84. The number of ether oxygens (including phenoxy) is 1. The van der Waals surface area contributed by atoms with Gasteiger partial charge in [-0.15, -0.1) is 0 Å². The van der Waals surface area contributed by atoms with Crippen molar-refractivity contribution < 1.29 is 4.74 Å². The molecule has 6 nitrogen and oxygen atoms in total. The van der Waals surface area contributed by atoms with Crippen molar-refractivity contribution in [1.82, 2.24) is 9.97 Å². The van der Waals surface area contributed by atoms with Crippen molar-refractivity contribution in [2.45, 2.75) is 0 Å². The second kappa shape index (κ2) is 5.87. The predicted molar refractivity (Wildman–Crippen MR) is 82.3 cm³/mol. The summed E-state index contributed by atoms with van der Waals surface area (Å²) in [5, 5.41) is 0. The van der Waals surface area contributed by atoms with Crippen LogP contribution in [0.25, 0.3) is 0 Å². The summed E-state index contributed by atoms with van der Waals surface area (Å²) in [5.41, 5.74) is 1.04. The molecule has 0 bridgehead atoms. The van der Waals surface area contributed by atoms with Crippen LogP contribution in [0.15, 0.2) is 41.5 Å². The molecule has 1 fully saturated rings. The lowest BCUT2D eigenvalue weighted by atomic mass is 10.2. The molecule has 1 aromatic carbocycles. The Bertz CT molecular complexity index is 645. The molecule has 2 aromatic rings. The number of piperazine rings is 1. The number of aromatic amines is 1. The Morgan fingerprint density at radius 1 is 1.10 bits per heavy atom. The van der Waals surface area contributed by atoms with Gasteiger partial charge in [-0.25, -0.2) is 4.98 Å². The Balaban J connectivity index is 1.67. The van der Waals surface area contributed by atoms with Crippen LogP contribution in [0.2, 0.25) is 0 Å². The van der Waals surface area contributed by atoms with Gasteiger partial charge in [-0.05, 0) is 24.3 Å². The van der Waals surface area contributed by atoms with E-state index in [1.54, 1.807) is 19.5 Å². The minimum Gasteiger partial charge on any atom is -0.497 e. The predicted octanol–water partition coefficient (Wildman–Crippen LogP) is 1.11. The zero-order valence-corrected chi connectivity index (χ0v) is 12.0. The van der Waals surface area contributed by atoms with Gasteiger partial charge in [-0.3, -0.25) is 4.79 Å². The van der Waals surface area contributed by atoms with E-state index in [4.69, 9.17) is 4.74 Å². The van der Waals surface area contributed by atoms with Gasteiger partial charge in [-0.2, -0.15) is 0 Å². The first-order valence-electron chi connectivity index (χ1n) is 6.95. The highest BCUT2D eigenvalue weighted by Gasteiger charge is 2.20. The molecule has 1 N–H and O–H groups in total. The molecule has 1 aliphatic rings. The number of rotatable bonds is 3. The average Bonchev–Trinajstić information content (AvgIpc) is 2.56. The van der Waals surface area contributed by atoms with Crippen LogP contribution in [0.5, 0.6) is 5.75 Å². The van der Waals surface area contributed by atoms with E-state index < -0.39 is 0 Å². The SMILES string of the molecule is COc1ccc(N2CCN(c3ncc[nH]c3=O)CC2)cc1. The molecule has 0 atom stereocenters. The molecule has 1 saturated heterocycles. The summed E-state index contributed by atoms with van der Waals surface area (Å²) in [6.45, 7) is 3.29. The van der Waals surface area contributed by atoms with Crippen molar-refractivity contribution in [3.63, 3.8) is 0 Å². The van der Waals surface area contributed by atoms with Crippen molar-refractivity contribution in [3.05, 3.63) is 47.0 Å². The number of nitrogens with zero attached hydrogens (tertiary/aromatic N) is 3. The second-order valence-electron chi connectivity index (χ2n) is 4.91. The number of H-pyrrole nitrogens is 1. The summed E-state index contributed by atoms with van der Waals surface area (Å²) < 4.78 is 5.17. The van der Waals surface area contributed by atoms with E-state index >= 15 is 0 Å². The molecule has 0 radical (unpaired) electrons. The first kappa shape index (κ1) is 13.5. The zero-order valence-electron chi connectivity index (χ0n) is 12.0.